The van der Waals surface area contributed by atoms with Crippen LogP contribution in [-0.2, 0) is 24.3 Å². The number of anilines is 1. The number of aryl methyl sites for hydroxylation is 1. The molecule has 1 aliphatic heterocycles. The van der Waals surface area contributed by atoms with Gasteiger partial charge in [-0.05, 0) is 60.2 Å². The average molecular weight is 460 g/mol. The maximum absolute atomic E-state index is 12.9. The summed E-state index contributed by atoms with van der Waals surface area (Å²) in [6.07, 6.45) is 4.15. The Labute approximate surface area is 195 Å². The summed E-state index contributed by atoms with van der Waals surface area (Å²) in [7, 11) is 0. The normalized spacial score (nSPS) is 12.1. The van der Waals surface area contributed by atoms with Gasteiger partial charge < -0.3 is 25.1 Å². The van der Waals surface area contributed by atoms with Crippen LogP contribution in [0.4, 0.5) is 5.82 Å². The highest BCUT2D eigenvalue weighted by molar-refractivity contribution is 5.80. The molecule has 0 atom stereocenters. The molecule has 5 rings (SSSR count). The Hall–Kier alpha value is -4.27. The number of amides is 1. The van der Waals surface area contributed by atoms with E-state index in [0.29, 0.717) is 25.2 Å². The standard InChI is InChI=1S/C25H25N5O4/c1-16-12-29-24(27-8-6-17-3-5-21-22(11-17)34-15-33-21)25(32)30(16)14-23(31)28-13-18-2-4-20-19(10-18)7-9-26-20/h2-5,7,9-12,26H,6,8,13-15H2,1H3,(H,27,29)(H,28,31). The van der Waals surface area contributed by atoms with Crippen LogP contribution in [0.1, 0.15) is 16.8 Å². The van der Waals surface area contributed by atoms with Gasteiger partial charge in [0.05, 0.1) is 0 Å². The molecule has 2 aromatic carbocycles. The van der Waals surface area contributed by atoms with Crippen LogP contribution in [0, 0.1) is 6.92 Å². The molecular weight excluding hydrogens is 434 g/mol. The number of hydrogen-bond acceptors (Lipinski definition) is 6. The van der Waals surface area contributed by atoms with Crippen LogP contribution < -0.4 is 25.7 Å². The predicted molar refractivity (Wildman–Crippen MR) is 128 cm³/mol. The van der Waals surface area contributed by atoms with Gasteiger partial charge in [0.15, 0.2) is 17.3 Å². The molecule has 1 amide bonds. The fourth-order valence-electron chi connectivity index (χ4n) is 3.92. The largest absolute Gasteiger partial charge is 0.454 e. The van der Waals surface area contributed by atoms with E-state index >= 15 is 0 Å². The molecule has 0 radical (unpaired) electrons. The van der Waals surface area contributed by atoms with Gasteiger partial charge in [0.2, 0.25) is 12.7 Å². The fraction of sp³-hybridized carbons (Fsp3) is 0.240. The molecular formula is C25H25N5O4. The molecule has 0 fully saturated rings. The summed E-state index contributed by atoms with van der Waals surface area (Å²) in [5.74, 6) is 1.45. The summed E-state index contributed by atoms with van der Waals surface area (Å²) in [6, 6.07) is 13.7. The summed E-state index contributed by atoms with van der Waals surface area (Å²) in [4.78, 5) is 32.9. The number of rotatable bonds is 8. The van der Waals surface area contributed by atoms with E-state index in [0.717, 1.165) is 33.5 Å². The first-order valence-corrected chi connectivity index (χ1v) is 11.1. The molecule has 0 saturated carbocycles. The number of carbonyl (C=O) groups is 1. The Balaban J connectivity index is 1.19. The second-order valence-corrected chi connectivity index (χ2v) is 8.18. The van der Waals surface area contributed by atoms with E-state index in [1.165, 1.54) is 4.57 Å². The van der Waals surface area contributed by atoms with E-state index < -0.39 is 0 Å². The van der Waals surface area contributed by atoms with Crippen LogP contribution in [0.15, 0.2) is 59.7 Å². The van der Waals surface area contributed by atoms with Crippen molar-refractivity contribution in [2.24, 2.45) is 0 Å². The first kappa shape index (κ1) is 21.6. The number of nitrogens with zero attached hydrogens (tertiary/aromatic N) is 2. The van der Waals surface area contributed by atoms with Gasteiger partial charge in [-0.3, -0.25) is 14.2 Å². The van der Waals surface area contributed by atoms with Crippen molar-refractivity contribution in [2.45, 2.75) is 26.4 Å². The van der Waals surface area contributed by atoms with Gasteiger partial charge in [-0.2, -0.15) is 0 Å². The van der Waals surface area contributed by atoms with Crippen molar-refractivity contribution < 1.29 is 14.3 Å². The Morgan fingerprint density at radius 1 is 1.12 bits per heavy atom. The Kier molecular flexibility index (Phi) is 5.90. The number of hydrogen-bond donors (Lipinski definition) is 3. The van der Waals surface area contributed by atoms with Gasteiger partial charge in [-0.15, -0.1) is 0 Å². The fourth-order valence-corrected chi connectivity index (χ4v) is 3.92. The lowest BCUT2D eigenvalue weighted by Gasteiger charge is -2.13. The maximum atomic E-state index is 12.9. The SMILES string of the molecule is Cc1cnc(NCCc2ccc3c(c2)OCO3)c(=O)n1CC(=O)NCc1ccc2[nH]ccc2c1. The van der Waals surface area contributed by atoms with E-state index in [1.54, 1.807) is 13.1 Å². The molecule has 0 saturated heterocycles. The molecule has 0 unspecified atom stereocenters. The van der Waals surface area contributed by atoms with Crippen molar-refractivity contribution >= 4 is 22.6 Å². The highest BCUT2D eigenvalue weighted by Crippen LogP contribution is 2.32. The number of aromatic nitrogens is 3. The molecule has 3 N–H and O–H groups in total. The van der Waals surface area contributed by atoms with Crippen LogP contribution in [0.2, 0.25) is 0 Å². The van der Waals surface area contributed by atoms with Gasteiger partial charge in [-0.1, -0.05) is 12.1 Å². The highest BCUT2D eigenvalue weighted by Gasteiger charge is 2.14. The van der Waals surface area contributed by atoms with E-state index in [-0.39, 0.29) is 30.6 Å². The first-order valence-electron chi connectivity index (χ1n) is 11.1. The third-order valence-electron chi connectivity index (χ3n) is 5.81. The zero-order valence-corrected chi connectivity index (χ0v) is 18.8. The van der Waals surface area contributed by atoms with Gasteiger partial charge in [0.1, 0.15) is 6.54 Å². The van der Waals surface area contributed by atoms with Gasteiger partial charge in [-0.25, -0.2) is 4.98 Å². The number of nitrogens with one attached hydrogen (secondary N) is 3. The second kappa shape index (κ2) is 9.30. The van der Waals surface area contributed by atoms with Crippen molar-refractivity contribution in [1.82, 2.24) is 19.9 Å². The van der Waals surface area contributed by atoms with Gasteiger partial charge in [0, 0.05) is 36.7 Å². The lowest BCUT2D eigenvalue weighted by molar-refractivity contribution is -0.121. The van der Waals surface area contributed by atoms with Gasteiger partial charge in [0.25, 0.3) is 5.56 Å². The van der Waals surface area contributed by atoms with Crippen LogP contribution in [0.3, 0.4) is 0 Å². The maximum Gasteiger partial charge on any atom is 0.293 e. The van der Waals surface area contributed by atoms with E-state index in [4.69, 9.17) is 9.47 Å². The van der Waals surface area contributed by atoms with Crippen molar-refractivity contribution in [2.75, 3.05) is 18.7 Å². The minimum Gasteiger partial charge on any atom is -0.454 e. The molecule has 34 heavy (non-hydrogen) atoms. The van der Waals surface area contributed by atoms with Crippen molar-refractivity contribution in [3.05, 3.63) is 82.0 Å². The molecule has 0 bridgehead atoms. The van der Waals surface area contributed by atoms with Crippen LogP contribution in [0.5, 0.6) is 11.5 Å². The van der Waals surface area contributed by atoms with Crippen LogP contribution >= 0.6 is 0 Å². The Morgan fingerprint density at radius 2 is 1.97 bits per heavy atom. The number of ether oxygens (including phenoxy) is 2. The number of aromatic amines is 1. The van der Waals surface area contributed by atoms with E-state index in [9.17, 15) is 9.59 Å². The van der Waals surface area contributed by atoms with Gasteiger partial charge >= 0.3 is 0 Å². The topological polar surface area (TPSA) is 110 Å². The van der Waals surface area contributed by atoms with Crippen LogP contribution in [0.25, 0.3) is 10.9 Å². The van der Waals surface area contributed by atoms with Crippen molar-refractivity contribution in [1.29, 1.82) is 0 Å². The monoisotopic (exact) mass is 459 g/mol. The zero-order valence-electron chi connectivity index (χ0n) is 18.8. The number of carbonyl (C=O) groups excluding carboxylic acids is 1. The summed E-state index contributed by atoms with van der Waals surface area (Å²) < 4.78 is 12.2. The third-order valence-corrected chi connectivity index (χ3v) is 5.81. The third kappa shape index (κ3) is 4.59. The molecule has 9 nitrogen and oxygen atoms in total. The number of benzene rings is 2. The molecule has 9 heteroatoms. The lowest BCUT2D eigenvalue weighted by Crippen LogP contribution is -2.34. The minimum atomic E-state index is -0.324. The predicted octanol–water partition coefficient (Wildman–Crippen LogP) is 2.73. The molecule has 0 spiro atoms. The number of H-pyrrole nitrogens is 1. The molecule has 0 aliphatic carbocycles. The zero-order chi connectivity index (χ0) is 23.5. The lowest BCUT2D eigenvalue weighted by atomic mass is 10.1. The van der Waals surface area contributed by atoms with E-state index in [1.807, 2.05) is 48.7 Å². The summed E-state index contributed by atoms with van der Waals surface area (Å²) in [6.45, 7) is 2.83. The highest BCUT2D eigenvalue weighted by atomic mass is 16.7. The van der Waals surface area contributed by atoms with Crippen molar-refractivity contribution in [3.8, 4) is 11.5 Å². The van der Waals surface area contributed by atoms with Crippen molar-refractivity contribution in [3.63, 3.8) is 0 Å². The van der Waals surface area contributed by atoms with Crippen LogP contribution in [-0.4, -0.2) is 33.8 Å². The molecule has 3 heterocycles. The Morgan fingerprint density at radius 3 is 2.88 bits per heavy atom. The molecule has 174 valence electrons. The minimum absolute atomic E-state index is 0.0730. The Bertz CT molecular complexity index is 1410. The second-order valence-electron chi connectivity index (χ2n) is 8.18. The first-order chi connectivity index (χ1) is 16.6. The smallest absolute Gasteiger partial charge is 0.293 e. The molecule has 2 aromatic heterocycles. The van der Waals surface area contributed by atoms with E-state index in [2.05, 4.69) is 20.6 Å². The summed E-state index contributed by atoms with van der Waals surface area (Å²) >= 11 is 0. The molecule has 4 aromatic rings. The quantitative estimate of drug-likeness (QED) is 0.374. The average Bonchev–Trinajstić information content (AvgIpc) is 3.50. The summed E-state index contributed by atoms with van der Waals surface area (Å²) in [5, 5.41) is 7.07. The number of fused-ring (bicyclic) bond motifs is 2. The molecule has 1 aliphatic rings. The summed E-state index contributed by atoms with van der Waals surface area (Å²) in [5.41, 5.74) is 3.39.